The molecule has 21 heavy (non-hydrogen) atoms. The van der Waals surface area contributed by atoms with Crippen LogP contribution in [0.3, 0.4) is 0 Å². The van der Waals surface area contributed by atoms with E-state index < -0.39 is 0 Å². The van der Waals surface area contributed by atoms with Gasteiger partial charge < -0.3 is 14.9 Å². The first kappa shape index (κ1) is 15.3. The fourth-order valence-corrected chi connectivity index (χ4v) is 4.35. The lowest BCUT2D eigenvalue weighted by Gasteiger charge is -2.53. The van der Waals surface area contributed by atoms with E-state index in [0.717, 1.165) is 44.7 Å². The van der Waals surface area contributed by atoms with Gasteiger partial charge in [-0.2, -0.15) is 0 Å². The zero-order valence-electron chi connectivity index (χ0n) is 12.2. The average Bonchev–Trinajstić information content (AvgIpc) is 2.47. The Morgan fingerprint density at radius 2 is 2.19 bits per heavy atom. The van der Waals surface area contributed by atoms with Crippen LogP contribution in [0, 0.1) is 5.41 Å². The Kier molecular flexibility index (Phi) is 4.33. The number of piperidine rings is 2. The van der Waals surface area contributed by atoms with Crippen LogP contribution in [-0.4, -0.2) is 54.3 Å². The maximum Gasteiger partial charge on any atom is 0.147 e. The molecule has 0 radical (unpaired) electrons. The molecule has 6 heteroatoms. The topological polar surface area (TPSA) is 39.6 Å². The number of hydrogen-bond donors (Lipinski definition) is 1. The van der Waals surface area contributed by atoms with Crippen LogP contribution >= 0.6 is 23.2 Å². The number of aliphatic hydroxyl groups excluding tert-OH is 1. The van der Waals surface area contributed by atoms with E-state index in [1.807, 2.05) is 0 Å². The Bertz CT molecular complexity index is 528. The minimum atomic E-state index is 0.0302. The summed E-state index contributed by atoms with van der Waals surface area (Å²) in [4.78, 5) is 8.99. The third kappa shape index (κ3) is 2.74. The van der Waals surface area contributed by atoms with Crippen molar-refractivity contribution in [2.45, 2.75) is 25.3 Å². The second-order valence-corrected chi connectivity index (χ2v) is 7.12. The number of fused-ring (bicyclic) bond motifs is 1. The van der Waals surface area contributed by atoms with Gasteiger partial charge in [-0.15, -0.1) is 0 Å². The van der Waals surface area contributed by atoms with E-state index in [1.165, 1.54) is 0 Å². The van der Waals surface area contributed by atoms with Gasteiger partial charge in [-0.1, -0.05) is 23.2 Å². The van der Waals surface area contributed by atoms with E-state index in [-0.39, 0.29) is 12.0 Å². The molecule has 2 fully saturated rings. The predicted molar refractivity (Wildman–Crippen MR) is 86.3 cm³/mol. The van der Waals surface area contributed by atoms with Crippen LogP contribution in [0.5, 0.6) is 0 Å². The van der Waals surface area contributed by atoms with Crippen LogP contribution in [0.2, 0.25) is 10.0 Å². The third-order valence-electron chi connectivity index (χ3n) is 5.10. The molecule has 1 aromatic rings. The molecule has 0 aromatic carbocycles. The van der Waals surface area contributed by atoms with E-state index in [0.29, 0.717) is 16.1 Å². The number of aromatic nitrogens is 1. The van der Waals surface area contributed by atoms with Gasteiger partial charge in [0, 0.05) is 30.7 Å². The van der Waals surface area contributed by atoms with Crippen LogP contribution in [0.1, 0.15) is 19.3 Å². The highest BCUT2D eigenvalue weighted by atomic mass is 35.5. The lowest BCUT2D eigenvalue weighted by molar-refractivity contribution is -0.0277. The SMILES string of the molecule is CN1CCC[C@]2(CO)CCN(c3ncc(Cl)cc3Cl)C[C@@H]12. The molecule has 0 aliphatic carbocycles. The van der Waals surface area contributed by atoms with Crippen molar-refractivity contribution in [3.05, 3.63) is 22.3 Å². The standard InChI is InChI=1S/C15H21Cl2N3O/c1-19-5-2-3-15(10-21)4-6-20(9-13(15)19)14-12(17)7-11(16)8-18-14/h7-8,13,21H,2-6,9-10H2,1H3/t13-,15-/m1/s1. The zero-order valence-corrected chi connectivity index (χ0v) is 13.7. The number of hydrogen-bond acceptors (Lipinski definition) is 4. The van der Waals surface area contributed by atoms with Gasteiger partial charge in [-0.05, 0) is 38.9 Å². The Balaban J connectivity index is 1.85. The van der Waals surface area contributed by atoms with Crippen LogP contribution in [0.15, 0.2) is 12.3 Å². The Morgan fingerprint density at radius 3 is 2.90 bits per heavy atom. The summed E-state index contributed by atoms with van der Waals surface area (Å²) in [5.74, 6) is 0.798. The fourth-order valence-electron chi connectivity index (χ4n) is 3.85. The molecule has 0 spiro atoms. The summed E-state index contributed by atoms with van der Waals surface area (Å²) in [6, 6.07) is 2.09. The van der Waals surface area contributed by atoms with Gasteiger partial charge in [-0.3, -0.25) is 0 Å². The molecule has 1 N–H and O–H groups in total. The van der Waals surface area contributed by atoms with Crippen LogP contribution in [0.4, 0.5) is 5.82 Å². The first-order chi connectivity index (χ1) is 10.1. The van der Waals surface area contributed by atoms with Gasteiger partial charge >= 0.3 is 0 Å². The molecule has 4 nitrogen and oxygen atoms in total. The predicted octanol–water partition coefficient (Wildman–Crippen LogP) is 2.67. The van der Waals surface area contributed by atoms with Crippen molar-refractivity contribution in [1.29, 1.82) is 0 Å². The lowest BCUT2D eigenvalue weighted by atomic mass is 9.69. The number of likely N-dealkylation sites (tertiary alicyclic amines) is 1. The van der Waals surface area contributed by atoms with E-state index in [4.69, 9.17) is 23.2 Å². The largest absolute Gasteiger partial charge is 0.396 e. The van der Waals surface area contributed by atoms with Crippen molar-refractivity contribution in [2.24, 2.45) is 5.41 Å². The first-order valence-corrected chi connectivity index (χ1v) is 8.18. The molecule has 2 saturated heterocycles. The number of aliphatic hydroxyl groups is 1. The van der Waals surface area contributed by atoms with Crippen molar-refractivity contribution < 1.29 is 5.11 Å². The Labute approximate surface area is 135 Å². The second-order valence-electron chi connectivity index (χ2n) is 6.28. The molecule has 2 aliphatic heterocycles. The third-order valence-corrected chi connectivity index (χ3v) is 5.59. The summed E-state index contributed by atoms with van der Waals surface area (Å²) in [5, 5.41) is 11.1. The molecule has 2 atom stereocenters. The molecule has 116 valence electrons. The van der Waals surface area contributed by atoms with Gasteiger partial charge in [0.05, 0.1) is 16.7 Å². The molecule has 3 heterocycles. The number of halogens is 2. The van der Waals surface area contributed by atoms with Crippen LogP contribution < -0.4 is 4.90 Å². The molecule has 0 saturated carbocycles. The van der Waals surface area contributed by atoms with E-state index in [9.17, 15) is 5.11 Å². The maximum absolute atomic E-state index is 9.94. The van der Waals surface area contributed by atoms with E-state index in [2.05, 4.69) is 21.8 Å². The van der Waals surface area contributed by atoms with Gasteiger partial charge in [0.25, 0.3) is 0 Å². The Morgan fingerprint density at radius 1 is 1.38 bits per heavy atom. The molecule has 1 aromatic heterocycles. The maximum atomic E-state index is 9.94. The van der Waals surface area contributed by atoms with Gasteiger partial charge in [-0.25, -0.2) is 4.98 Å². The summed E-state index contributed by atoms with van der Waals surface area (Å²) in [5.41, 5.74) is 0.0302. The number of nitrogens with zero attached hydrogens (tertiary/aromatic N) is 3. The van der Waals surface area contributed by atoms with Crippen molar-refractivity contribution in [3.8, 4) is 0 Å². The highest BCUT2D eigenvalue weighted by Crippen LogP contribution is 2.43. The summed E-state index contributed by atoms with van der Waals surface area (Å²) in [7, 11) is 2.15. The first-order valence-electron chi connectivity index (χ1n) is 7.43. The summed E-state index contributed by atoms with van der Waals surface area (Å²) < 4.78 is 0. The molecule has 3 rings (SSSR count). The number of likely N-dealkylation sites (N-methyl/N-ethyl adjacent to an activating group) is 1. The molecule has 0 bridgehead atoms. The van der Waals surface area contributed by atoms with Gasteiger partial charge in [0.2, 0.25) is 0 Å². The smallest absolute Gasteiger partial charge is 0.147 e. The van der Waals surface area contributed by atoms with E-state index >= 15 is 0 Å². The van der Waals surface area contributed by atoms with Gasteiger partial charge in [0.1, 0.15) is 5.82 Å². The molecular weight excluding hydrogens is 309 g/mol. The fraction of sp³-hybridized carbons (Fsp3) is 0.667. The quantitative estimate of drug-likeness (QED) is 0.905. The van der Waals surface area contributed by atoms with E-state index in [1.54, 1.807) is 12.3 Å². The zero-order chi connectivity index (χ0) is 15.0. The highest BCUT2D eigenvalue weighted by Gasteiger charge is 2.46. The monoisotopic (exact) mass is 329 g/mol. The summed E-state index contributed by atoms with van der Waals surface area (Å²) >= 11 is 12.2. The molecule has 0 amide bonds. The lowest BCUT2D eigenvalue weighted by Crippen LogP contribution is -2.61. The normalized spacial score (nSPS) is 30.3. The number of rotatable bonds is 2. The number of pyridine rings is 1. The summed E-state index contributed by atoms with van der Waals surface area (Å²) in [6.07, 6.45) is 4.88. The number of anilines is 1. The second kappa shape index (κ2) is 5.92. The van der Waals surface area contributed by atoms with Crippen molar-refractivity contribution in [3.63, 3.8) is 0 Å². The van der Waals surface area contributed by atoms with Crippen molar-refractivity contribution >= 4 is 29.0 Å². The van der Waals surface area contributed by atoms with Crippen molar-refractivity contribution in [1.82, 2.24) is 9.88 Å². The minimum absolute atomic E-state index is 0.0302. The molecular formula is C15H21Cl2N3O. The van der Waals surface area contributed by atoms with Crippen molar-refractivity contribution in [2.75, 3.05) is 38.2 Å². The summed E-state index contributed by atoms with van der Waals surface area (Å²) in [6.45, 7) is 3.07. The average molecular weight is 330 g/mol. The van der Waals surface area contributed by atoms with Crippen LogP contribution in [-0.2, 0) is 0 Å². The van der Waals surface area contributed by atoms with Gasteiger partial charge in [0.15, 0.2) is 0 Å². The minimum Gasteiger partial charge on any atom is -0.396 e. The highest BCUT2D eigenvalue weighted by molar-refractivity contribution is 6.36. The van der Waals surface area contributed by atoms with Crippen LogP contribution in [0.25, 0.3) is 0 Å². The Hall–Kier alpha value is -0.550. The molecule has 2 aliphatic rings. The molecule has 0 unspecified atom stereocenters.